The van der Waals surface area contributed by atoms with Crippen LogP contribution in [-0.4, -0.2) is 49.2 Å². The van der Waals surface area contributed by atoms with Gasteiger partial charge in [0.25, 0.3) is 0 Å². The van der Waals surface area contributed by atoms with Crippen LogP contribution in [0.15, 0.2) is 24.4 Å². The zero-order valence-corrected chi connectivity index (χ0v) is 19.0. The van der Waals surface area contributed by atoms with Crippen LogP contribution in [0.1, 0.15) is 32.1 Å². The number of rotatable bonds is 6. The van der Waals surface area contributed by atoms with Crippen molar-refractivity contribution < 1.29 is 9.53 Å². The standard InChI is InChI=1S/C17H18Cl2N4O2.C5H11N/c18-13-1-2-15(12-7-16(22-10-24)20-9-14(12)19)23-17(13)21-8-11-3-5-25-6-4-11;1-2-4-6-5-3-1/h1-2,7,9-11H,3-6,8H2,(H,21,23)(H,20,22,24);6H,1-5H2. The van der Waals surface area contributed by atoms with E-state index in [0.717, 1.165) is 32.6 Å². The van der Waals surface area contributed by atoms with Gasteiger partial charge in [0.15, 0.2) is 0 Å². The normalized spacial score (nSPS) is 16.7. The molecule has 0 saturated carbocycles. The Morgan fingerprint density at radius 1 is 1.13 bits per heavy atom. The van der Waals surface area contributed by atoms with Gasteiger partial charge in [0.05, 0.1) is 15.7 Å². The van der Waals surface area contributed by atoms with E-state index < -0.39 is 0 Å². The number of hydrogen-bond acceptors (Lipinski definition) is 6. The maximum Gasteiger partial charge on any atom is 0.212 e. The predicted molar refractivity (Wildman–Crippen MR) is 126 cm³/mol. The summed E-state index contributed by atoms with van der Waals surface area (Å²) in [7, 11) is 0. The van der Waals surface area contributed by atoms with E-state index in [1.54, 1.807) is 18.2 Å². The number of anilines is 2. The number of carbonyl (C=O) groups excluding carboxylic acids is 1. The number of nitrogens with one attached hydrogen (secondary N) is 3. The number of amides is 1. The molecule has 1 amide bonds. The number of piperidine rings is 1. The summed E-state index contributed by atoms with van der Waals surface area (Å²) in [4.78, 5) is 19.2. The number of hydrogen-bond donors (Lipinski definition) is 3. The second-order valence-corrected chi connectivity index (χ2v) is 8.40. The van der Waals surface area contributed by atoms with Crippen LogP contribution in [-0.2, 0) is 9.53 Å². The van der Waals surface area contributed by atoms with Gasteiger partial charge in [-0.2, -0.15) is 0 Å². The topological polar surface area (TPSA) is 88.2 Å². The first kappa shape index (κ1) is 23.7. The molecule has 4 heterocycles. The third-order valence-corrected chi connectivity index (χ3v) is 5.90. The van der Waals surface area contributed by atoms with Crippen molar-refractivity contribution in [3.05, 3.63) is 34.4 Å². The van der Waals surface area contributed by atoms with Crippen molar-refractivity contribution in [3.63, 3.8) is 0 Å². The summed E-state index contributed by atoms with van der Waals surface area (Å²) in [6.45, 7) is 4.89. The van der Waals surface area contributed by atoms with Crippen LogP contribution >= 0.6 is 23.2 Å². The fourth-order valence-corrected chi connectivity index (χ4v) is 3.86. The number of halogens is 2. The zero-order chi connectivity index (χ0) is 21.9. The molecule has 0 aliphatic carbocycles. The van der Waals surface area contributed by atoms with Crippen LogP contribution in [0, 0.1) is 5.92 Å². The number of pyridine rings is 2. The van der Waals surface area contributed by atoms with Crippen LogP contribution in [0.2, 0.25) is 10.0 Å². The van der Waals surface area contributed by atoms with E-state index >= 15 is 0 Å². The molecule has 2 aromatic rings. The van der Waals surface area contributed by atoms with E-state index in [9.17, 15) is 4.79 Å². The molecule has 168 valence electrons. The second-order valence-electron chi connectivity index (χ2n) is 7.59. The van der Waals surface area contributed by atoms with Gasteiger partial charge >= 0.3 is 0 Å². The first-order chi connectivity index (χ1) is 15.2. The van der Waals surface area contributed by atoms with Gasteiger partial charge in [0, 0.05) is 31.5 Å². The Morgan fingerprint density at radius 2 is 1.90 bits per heavy atom. The molecule has 7 nitrogen and oxygen atoms in total. The van der Waals surface area contributed by atoms with Gasteiger partial charge in [-0.3, -0.25) is 4.79 Å². The molecule has 2 saturated heterocycles. The molecular formula is C22H29Cl2N5O2. The Kier molecular flexibility index (Phi) is 9.81. The van der Waals surface area contributed by atoms with Gasteiger partial charge in [-0.15, -0.1) is 0 Å². The van der Waals surface area contributed by atoms with Crippen molar-refractivity contribution in [1.29, 1.82) is 0 Å². The number of aromatic nitrogens is 2. The van der Waals surface area contributed by atoms with Crippen molar-refractivity contribution in [2.24, 2.45) is 5.92 Å². The van der Waals surface area contributed by atoms with Crippen LogP contribution in [0.5, 0.6) is 0 Å². The molecule has 0 atom stereocenters. The summed E-state index contributed by atoms with van der Waals surface area (Å²) in [5.74, 6) is 1.56. The molecule has 3 N–H and O–H groups in total. The van der Waals surface area contributed by atoms with Crippen molar-refractivity contribution >= 4 is 41.2 Å². The van der Waals surface area contributed by atoms with Gasteiger partial charge in [-0.25, -0.2) is 9.97 Å². The molecule has 9 heteroatoms. The summed E-state index contributed by atoms with van der Waals surface area (Å²) < 4.78 is 5.38. The second kappa shape index (κ2) is 12.8. The lowest BCUT2D eigenvalue weighted by Crippen LogP contribution is -2.23. The highest BCUT2D eigenvalue weighted by molar-refractivity contribution is 6.34. The lowest BCUT2D eigenvalue weighted by molar-refractivity contribution is -0.105. The third kappa shape index (κ3) is 7.61. The molecule has 0 radical (unpaired) electrons. The fraction of sp³-hybridized carbons (Fsp3) is 0.500. The molecule has 2 aliphatic heterocycles. The van der Waals surface area contributed by atoms with Crippen LogP contribution in [0.25, 0.3) is 11.3 Å². The monoisotopic (exact) mass is 465 g/mol. The Hall–Kier alpha value is -1.93. The van der Waals surface area contributed by atoms with Gasteiger partial charge in [0.2, 0.25) is 6.41 Å². The highest BCUT2D eigenvalue weighted by Gasteiger charge is 2.15. The molecule has 0 unspecified atom stereocenters. The minimum atomic E-state index is 0.405. The zero-order valence-electron chi connectivity index (χ0n) is 17.5. The molecule has 0 bridgehead atoms. The minimum absolute atomic E-state index is 0.405. The molecule has 2 fully saturated rings. The first-order valence-electron chi connectivity index (χ1n) is 10.7. The predicted octanol–water partition coefficient (Wildman–Crippen LogP) is 4.62. The molecule has 2 aliphatic rings. The molecule has 0 aromatic carbocycles. The Morgan fingerprint density at radius 3 is 2.55 bits per heavy atom. The summed E-state index contributed by atoms with van der Waals surface area (Å²) >= 11 is 12.5. The number of ether oxygens (including phenoxy) is 1. The maximum atomic E-state index is 10.6. The van der Waals surface area contributed by atoms with Crippen molar-refractivity contribution in [3.8, 4) is 11.3 Å². The van der Waals surface area contributed by atoms with Gasteiger partial charge in [-0.05, 0) is 62.9 Å². The van der Waals surface area contributed by atoms with Crippen LogP contribution in [0.3, 0.4) is 0 Å². The molecule has 2 aromatic heterocycles. The Bertz CT molecular complexity index is 831. The highest BCUT2D eigenvalue weighted by atomic mass is 35.5. The number of nitrogens with zero attached hydrogens (tertiary/aromatic N) is 2. The molecule has 0 spiro atoms. The molecular weight excluding hydrogens is 437 g/mol. The van der Waals surface area contributed by atoms with Gasteiger partial charge in [0.1, 0.15) is 11.6 Å². The summed E-state index contributed by atoms with van der Waals surface area (Å²) in [6, 6.07) is 5.24. The third-order valence-electron chi connectivity index (χ3n) is 5.29. The van der Waals surface area contributed by atoms with E-state index in [0.29, 0.717) is 45.3 Å². The Balaban J connectivity index is 0.000000391. The number of carbonyl (C=O) groups is 1. The van der Waals surface area contributed by atoms with Gasteiger partial charge < -0.3 is 20.7 Å². The highest BCUT2D eigenvalue weighted by Crippen LogP contribution is 2.31. The van der Waals surface area contributed by atoms with Crippen molar-refractivity contribution in [2.45, 2.75) is 32.1 Å². The largest absolute Gasteiger partial charge is 0.381 e. The van der Waals surface area contributed by atoms with E-state index in [1.807, 2.05) is 0 Å². The van der Waals surface area contributed by atoms with Gasteiger partial charge in [-0.1, -0.05) is 29.6 Å². The Labute approximate surface area is 193 Å². The van der Waals surface area contributed by atoms with E-state index in [1.165, 1.54) is 38.5 Å². The maximum absolute atomic E-state index is 10.6. The average Bonchev–Trinajstić information content (AvgIpc) is 2.82. The van der Waals surface area contributed by atoms with Crippen molar-refractivity contribution in [1.82, 2.24) is 15.3 Å². The van der Waals surface area contributed by atoms with E-state index in [4.69, 9.17) is 27.9 Å². The lowest BCUT2D eigenvalue weighted by Gasteiger charge is -2.22. The van der Waals surface area contributed by atoms with Crippen LogP contribution in [0.4, 0.5) is 11.6 Å². The van der Waals surface area contributed by atoms with Crippen molar-refractivity contribution in [2.75, 3.05) is 43.5 Å². The summed E-state index contributed by atoms with van der Waals surface area (Å²) in [5.41, 5.74) is 1.33. The van der Waals surface area contributed by atoms with E-state index in [-0.39, 0.29) is 0 Å². The van der Waals surface area contributed by atoms with Crippen LogP contribution < -0.4 is 16.0 Å². The molecule has 4 rings (SSSR count). The summed E-state index contributed by atoms with van der Waals surface area (Å²) in [5, 5.41) is 10.1. The SMILES string of the molecule is C1CCNCC1.O=CNc1cc(-c2ccc(Cl)c(NCC3CCOCC3)n2)c(Cl)cn1. The molecule has 31 heavy (non-hydrogen) atoms. The van der Waals surface area contributed by atoms with E-state index in [2.05, 4.69) is 25.9 Å². The average molecular weight is 466 g/mol. The summed E-state index contributed by atoms with van der Waals surface area (Å²) in [6.07, 6.45) is 8.32. The fourth-order valence-electron chi connectivity index (χ4n) is 3.48. The lowest BCUT2D eigenvalue weighted by atomic mass is 10.0. The minimum Gasteiger partial charge on any atom is -0.381 e. The quantitative estimate of drug-likeness (QED) is 0.539. The smallest absolute Gasteiger partial charge is 0.212 e. The first-order valence-corrected chi connectivity index (χ1v) is 11.5.